The summed E-state index contributed by atoms with van der Waals surface area (Å²) >= 11 is 0. The van der Waals surface area contributed by atoms with Crippen molar-refractivity contribution in [1.29, 1.82) is 0 Å². The van der Waals surface area contributed by atoms with Gasteiger partial charge in [-0.25, -0.2) is 0 Å². The predicted molar refractivity (Wildman–Crippen MR) is 92.1 cm³/mol. The zero-order valence-electron chi connectivity index (χ0n) is 13.2. The monoisotopic (exact) mass is 292 g/mol. The number of aryl methyl sites for hydroxylation is 1. The molecule has 3 aromatic rings. The number of hydrogen-bond acceptors (Lipinski definition) is 2. The van der Waals surface area contributed by atoms with Gasteiger partial charge in [0.25, 0.3) is 5.56 Å². The maximum Gasteiger partial charge on any atom is 0.256 e. The molecule has 0 atom stereocenters. The number of pyridine rings is 1. The second-order valence-electron chi connectivity index (χ2n) is 5.98. The van der Waals surface area contributed by atoms with Gasteiger partial charge in [0.1, 0.15) is 0 Å². The average Bonchev–Trinajstić information content (AvgIpc) is 2.48. The largest absolute Gasteiger partial charge is 0.321 e. The number of aromatic amines is 1. The van der Waals surface area contributed by atoms with Gasteiger partial charge in [-0.1, -0.05) is 36.4 Å². The number of nitrogens with one attached hydrogen (secondary N) is 1. The van der Waals surface area contributed by atoms with E-state index < -0.39 is 0 Å². The van der Waals surface area contributed by atoms with E-state index >= 15 is 0 Å². The molecule has 0 aliphatic rings. The number of benzene rings is 2. The fraction of sp³-hybridized carbons (Fsp3) is 0.211. The summed E-state index contributed by atoms with van der Waals surface area (Å²) < 4.78 is 0. The van der Waals surface area contributed by atoms with Crippen LogP contribution in [0.25, 0.3) is 22.0 Å². The Hall–Kier alpha value is -2.39. The van der Waals surface area contributed by atoms with E-state index in [1.807, 2.05) is 25.1 Å². The Morgan fingerprint density at radius 1 is 1.00 bits per heavy atom. The molecule has 3 rings (SSSR count). The minimum atomic E-state index is -0.0337. The fourth-order valence-electron chi connectivity index (χ4n) is 2.75. The lowest BCUT2D eigenvalue weighted by molar-refractivity contribution is 0.402. The van der Waals surface area contributed by atoms with Gasteiger partial charge < -0.3 is 9.88 Å². The molecule has 0 spiro atoms. The molecule has 0 bridgehead atoms. The summed E-state index contributed by atoms with van der Waals surface area (Å²) in [7, 11) is 4.11. The van der Waals surface area contributed by atoms with Gasteiger partial charge in [-0.15, -0.1) is 0 Å². The van der Waals surface area contributed by atoms with Crippen molar-refractivity contribution in [2.75, 3.05) is 14.1 Å². The first-order valence-electron chi connectivity index (χ1n) is 7.41. The zero-order chi connectivity index (χ0) is 15.7. The van der Waals surface area contributed by atoms with Gasteiger partial charge in [-0.3, -0.25) is 4.79 Å². The van der Waals surface area contributed by atoms with Crippen LogP contribution in [0.1, 0.15) is 11.1 Å². The van der Waals surface area contributed by atoms with Gasteiger partial charge in [0, 0.05) is 17.6 Å². The molecule has 0 aliphatic heterocycles. The van der Waals surface area contributed by atoms with Crippen LogP contribution in [0.2, 0.25) is 0 Å². The molecular formula is C19H20N2O. The van der Waals surface area contributed by atoms with E-state index in [2.05, 4.69) is 54.3 Å². The molecule has 1 aromatic heterocycles. The summed E-state index contributed by atoms with van der Waals surface area (Å²) in [5, 5.41) is 1.76. The molecule has 22 heavy (non-hydrogen) atoms. The first kappa shape index (κ1) is 14.5. The van der Waals surface area contributed by atoms with Crippen molar-refractivity contribution in [1.82, 2.24) is 9.88 Å². The van der Waals surface area contributed by atoms with Crippen LogP contribution in [-0.2, 0) is 6.54 Å². The van der Waals surface area contributed by atoms with Crippen LogP contribution < -0.4 is 5.56 Å². The van der Waals surface area contributed by atoms with Crippen molar-refractivity contribution >= 4 is 10.8 Å². The van der Waals surface area contributed by atoms with Crippen molar-refractivity contribution in [2.45, 2.75) is 13.5 Å². The Morgan fingerprint density at radius 2 is 1.73 bits per heavy atom. The predicted octanol–water partition coefficient (Wildman–Crippen LogP) is 3.57. The fourth-order valence-corrected chi connectivity index (χ4v) is 2.75. The van der Waals surface area contributed by atoms with Crippen LogP contribution in [0.4, 0.5) is 0 Å². The number of hydrogen-bond donors (Lipinski definition) is 1. The van der Waals surface area contributed by atoms with Crippen LogP contribution in [-0.4, -0.2) is 24.0 Å². The average molecular weight is 292 g/mol. The van der Waals surface area contributed by atoms with Gasteiger partial charge in [-0.2, -0.15) is 0 Å². The number of fused-ring (bicyclic) bond motifs is 1. The highest BCUT2D eigenvalue weighted by molar-refractivity contribution is 5.87. The van der Waals surface area contributed by atoms with Crippen molar-refractivity contribution in [2.24, 2.45) is 0 Å². The van der Waals surface area contributed by atoms with E-state index in [1.165, 1.54) is 5.56 Å². The van der Waals surface area contributed by atoms with E-state index in [4.69, 9.17) is 0 Å². The number of nitrogens with zero attached hydrogens (tertiary/aromatic N) is 1. The number of aromatic nitrogens is 1. The third-order valence-electron chi connectivity index (χ3n) is 3.87. The van der Waals surface area contributed by atoms with Gasteiger partial charge in [0.05, 0.1) is 0 Å². The molecule has 0 aliphatic carbocycles. The summed E-state index contributed by atoms with van der Waals surface area (Å²) in [6.45, 7) is 2.94. The highest BCUT2D eigenvalue weighted by atomic mass is 16.1. The first-order chi connectivity index (χ1) is 10.5. The van der Waals surface area contributed by atoms with Gasteiger partial charge in [0.15, 0.2) is 0 Å². The molecule has 1 heterocycles. The van der Waals surface area contributed by atoms with Gasteiger partial charge >= 0.3 is 0 Å². The molecular weight excluding hydrogens is 272 g/mol. The van der Waals surface area contributed by atoms with Crippen molar-refractivity contribution in [3.63, 3.8) is 0 Å². The summed E-state index contributed by atoms with van der Waals surface area (Å²) in [6, 6.07) is 16.2. The normalized spacial score (nSPS) is 11.3. The highest BCUT2D eigenvalue weighted by Crippen LogP contribution is 2.22. The smallest absolute Gasteiger partial charge is 0.256 e. The second kappa shape index (κ2) is 5.78. The second-order valence-corrected chi connectivity index (χ2v) is 5.98. The van der Waals surface area contributed by atoms with Gasteiger partial charge in [-0.05, 0) is 55.2 Å². The van der Waals surface area contributed by atoms with E-state index in [-0.39, 0.29) is 5.56 Å². The molecule has 0 amide bonds. The highest BCUT2D eigenvalue weighted by Gasteiger charge is 2.06. The summed E-state index contributed by atoms with van der Waals surface area (Å²) in [5.74, 6) is 0. The summed E-state index contributed by atoms with van der Waals surface area (Å²) in [5.41, 5.74) is 4.24. The molecule has 112 valence electrons. The Labute approximate surface area is 130 Å². The molecule has 0 saturated carbocycles. The standard InChI is InChI=1S/C19H20N2O/c1-13-5-4-6-16-17(13)11-18(20-19(16)22)15-9-7-14(8-10-15)12-21(2)3/h4-11H,12H2,1-3H3,(H,20,22). The summed E-state index contributed by atoms with van der Waals surface area (Å²) in [4.78, 5) is 17.4. The Bertz CT molecular complexity index is 861. The molecule has 0 fully saturated rings. The Morgan fingerprint density at radius 3 is 2.41 bits per heavy atom. The van der Waals surface area contributed by atoms with E-state index in [0.717, 1.165) is 34.1 Å². The van der Waals surface area contributed by atoms with Crippen LogP contribution in [0.3, 0.4) is 0 Å². The first-order valence-corrected chi connectivity index (χ1v) is 7.41. The minimum absolute atomic E-state index is 0.0337. The zero-order valence-corrected chi connectivity index (χ0v) is 13.2. The van der Waals surface area contributed by atoms with E-state index in [1.54, 1.807) is 0 Å². The van der Waals surface area contributed by atoms with Crippen LogP contribution in [0.15, 0.2) is 53.3 Å². The molecule has 3 nitrogen and oxygen atoms in total. The quantitative estimate of drug-likeness (QED) is 0.801. The lowest BCUT2D eigenvalue weighted by atomic mass is 10.0. The third-order valence-corrected chi connectivity index (χ3v) is 3.87. The van der Waals surface area contributed by atoms with E-state index in [0.29, 0.717) is 0 Å². The third kappa shape index (κ3) is 2.81. The van der Waals surface area contributed by atoms with Gasteiger partial charge in [0.2, 0.25) is 0 Å². The van der Waals surface area contributed by atoms with Crippen LogP contribution >= 0.6 is 0 Å². The van der Waals surface area contributed by atoms with Crippen LogP contribution in [0, 0.1) is 6.92 Å². The van der Waals surface area contributed by atoms with Crippen molar-refractivity contribution < 1.29 is 0 Å². The molecule has 0 saturated heterocycles. The van der Waals surface area contributed by atoms with Crippen molar-refractivity contribution in [3.05, 3.63) is 70.0 Å². The Kier molecular flexibility index (Phi) is 3.82. The van der Waals surface area contributed by atoms with E-state index in [9.17, 15) is 4.79 Å². The number of rotatable bonds is 3. The molecule has 0 radical (unpaired) electrons. The SMILES string of the molecule is Cc1cccc2c(=O)[nH]c(-c3ccc(CN(C)C)cc3)cc12. The molecule has 1 N–H and O–H groups in total. The summed E-state index contributed by atoms with van der Waals surface area (Å²) in [6.07, 6.45) is 0. The molecule has 0 unspecified atom stereocenters. The van der Waals surface area contributed by atoms with Crippen LogP contribution in [0.5, 0.6) is 0 Å². The maximum atomic E-state index is 12.3. The minimum Gasteiger partial charge on any atom is -0.321 e. The lowest BCUT2D eigenvalue weighted by Gasteiger charge is -2.10. The molecule has 3 heteroatoms. The van der Waals surface area contributed by atoms with Crippen molar-refractivity contribution in [3.8, 4) is 11.3 Å². The number of H-pyrrole nitrogens is 1. The Balaban J connectivity index is 2.07. The molecule has 2 aromatic carbocycles. The maximum absolute atomic E-state index is 12.3. The topological polar surface area (TPSA) is 36.1 Å². The lowest BCUT2D eigenvalue weighted by Crippen LogP contribution is -2.10.